The molecule has 122 valence electrons. The molecule has 1 aliphatic rings. The van der Waals surface area contributed by atoms with E-state index < -0.39 is 0 Å². The van der Waals surface area contributed by atoms with Gasteiger partial charge in [0, 0.05) is 11.4 Å². The minimum Gasteiger partial charge on any atom is -0.361 e. The van der Waals surface area contributed by atoms with Gasteiger partial charge in [-0.2, -0.15) is 0 Å². The first-order valence-electron chi connectivity index (χ1n) is 8.30. The molecular formula is C22H18N2O. The van der Waals surface area contributed by atoms with Crippen molar-refractivity contribution in [2.24, 2.45) is 0 Å². The minimum atomic E-state index is -0.245. The van der Waals surface area contributed by atoms with Crippen LogP contribution >= 0.6 is 0 Å². The molecular weight excluding hydrogens is 308 g/mol. The Bertz CT molecular complexity index is 904. The Hall–Kier alpha value is -3.33. The van der Waals surface area contributed by atoms with Gasteiger partial charge in [0.15, 0.2) is 0 Å². The highest BCUT2D eigenvalue weighted by molar-refractivity contribution is 6.12. The summed E-state index contributed by atoms with van der Waals surface area (Å²) in [5.74, 6) is 0.00302. The Kier molecular flexibility index (Phi) is 4.05. The van der Waals surface area contributed by atoms with Crippen molar-refractivity contribution in [3.63, 3.8) is 0 Å². The lowest BCUT2D eigenvalue weighted by molar-refractivity contribution is 0.0980. The summed E-state index contributed by atoms with van der Waals surface area (Å²) >= 11 is 0. The average Bonchev–Trinajstić information content (AvgIpc) is 2.68. The molecule has 1 amide bonds. The van der Waals surface area contributed by atoms with Crippen molar-refractivity contribution in [1.82, 2.24) is 0 Å². The summed E-state index contributed by atoms with van der Waals surface area (Å²) < 4.78 is 0. The Balaban J connectivity index is 1.74. The molecule has 4 rings (SSSR count). The summed E-state index contributed by atoms with van der Waals surface area (Å²) in [6, 6.07) is 27.5. The normalized spacial score (nSPS) is 16.6. The zero-order valence-electron chi connectivity index (χ0n) is 13.7. The van der Waals surface area contributed by atoms with Crippen molar-refractivity contribution < 1.29 is 4.79 Å². The monoisotopic (exact) mass is 326 g/mol. The number of carbonyl (C=O) groups is 1. The largest absolute Gasteiger partial charge is 0.361 e. The number of benzene rings is 3. The fourth-order valence-corrected chi connectivity index (χ4v) is 3.04. The SMILES string of the molecule is O=C1c2ccccc2NC(/C=C/c2ccccc2)N1c1ccccc1. The van der Waals surface area contributed by atoms with E-state index in [0.29, 0.717) is 5.56 Å². The average molecular weight is 326 g/mol. The van der Waals surface area contributed by atoms with Gasteiger partial charge in [0.05, 0.1) is 5.56 Å². The first-order chi connectivity index (χ1) is 12.3. The quantitative estimate of drug-likeness (QED) is 0.750. The molecule has 1 unspecified atom stereocenters. The van der Waals surface area contributed by atoms with Crippen LogP contribution in [0.3, 0.4) is 0 Å². The van der Waals surface area contributed by atoms with Crippen LogP contribution in [0.15, 0.2) is 91.0 Å². The maximum absolute atomic E-state index is 13.1. The summed E-state index contributed by atoms with van der Waals surface area (Å²) in [6.07, 6.45) is 3.82. The van der Waals surface area contributed by atoms with E-state index in [2.05, 4.69) is 5.32 Å². The number of hydrogen-bond acceptors (Lipinski definition) is 2. The van der Waals surface area contributed by atoms with E-state index in [1.807, 2.05) is 97.1 Å². The highest BCUT2D eigenvalue weighted by Crippen LogP contribution is 2.30. The van der Waals surface area contributed by atoms with Crippen LogP contribution in [-0.4, -0.2) is 12.1 Å². The van der Waals surface area contributed by atoms with Gasteiger partial charge in [0.25, 0.3) is 5.91 Å². The van der Waals surface area contributed by atoms with Crippen molar-refractivity contribution in [3.05, 3.63) is 102 Å². The van der Waals surface area contributed by atoms with Gasteiger partial charge in [-0.15, -0.1) is 0 Å². The number of nitrogens with zero attached hydrogens (tertiary/aromatic N) is 1. The lowest BCUT2D eigenvalue weighted by Crippen LogP contribution is -2.48. The van der Waals surface area contributed by atoms with Crippen LogP contribution in [0.1, 0.15) is 15.9 Å². The van der Waals surface area contributed by atoms with Gasteiger partial charge in [-0.25, -0.2) is 0 Å². The molecule has 1 N–H and O–H groups in total. The number of carbonyl (C=O) groups excluding carboxylic acids is 1. The molecule has 0 radical (unpaired) electrons. The second kappa shape index (κ2) is 6.65. The molecule has 25 heavy (non-hydrogen) atoms. The number of nitrogens with one attached hydrogen (secondary N) is 1. The number of anilines is 2. The predicted octanol–water partition coefficient (Wildman–Crippen LogP) is 4.80. The van der Waals surface area contributed by atoms with E-state index in [9.17, 15) is 4.79 Å². The van der Waals surface area contributed by atoms with Gasteiger partial charge in [-0.1, -0.05) is 66.7 Å². The Morgan fingerprint density at radius 1 is 0.800 bits per heavy atom. The number of hydrogen-bond donors (Lipinski definition) is 1. The van der Waals surface area contributed by atoms with Crippen molar-refractivity contribution >= 4 is 23.4 Å². The Morgan fingerprint density at radius 2 is 1.44 bits per heavy atom. The lowest BCUT2D eigenvalue weighted by atomic mass is 10.1. The summed E-state index contributed by atoms with van der Waals surface area (Å²) in [4.78, 5) is 14.9. The van der Waals surface area contributed by atoms with Gasteiger partial charge < -0.3 is 5.32 Å². The Morgan fingerprint density at radius 3 is 2.20 bits per heavy atom. The van der Waals surface area contributed by atoms with Crippen LogP contribution in [0, 0.1) is 0 Å². The fourth-order valence-electron chi connectivity index (χ4n) is 3.04. The molecule has 3 aromatic carbocycles. The number of amides is 1. The lowest BCUT2D eigenvalue weighted by Gasteiger charge is -2.36. The second-order valence-electron chi connectivity index (χ2n) is 5.92. The second-order valence-corrected chi connectivity index (χ2v) is 5.92. The fraction of sp³-hybridized carbons (Fsp3) is 0.0455. The molecule has 0 saturated heterocycles. The van der Waals surface area contributed by atoms with Crippen molar-refractivity contribution in [2.75, 3.05) is 10.2 Å². The van der Waals surface area contributed by atoms with Crippen LogP contribution in [0.2, 0.25) is 0 Å². The first-order valence-corrected chi connectivity index (χ1v) is 8.30. The van der Waals surface area contributed by atoms with Gasteiger partial charge in [-0.05, 0) is 35.9 Å². The van der Waals surface area contributed by atoms with Gasteiger partial charge in [0.1, 0.15) is 6.17 Å². The zero-order chi connectivity index (χ0) is 17.1. The minimum absolute atomic E-state index is 0.00302. The maximum atomic E-state index is 13.1. The molecule has 1 heterocycles. The van der Waals surface area contributed by atoms with Crippen LogP contribution in [0.4, 0.5) is 11.4 Å². The molecule has 0 spiro atoms. The third-order valence-electron chi connectivity index (χ3n) is 4.26. The van der Waals surface area contributed by atoms with Gasteiger partial charge in [0.2, 0.25) is 0 Å². The standard InChI is InChI=1S/C22H18N2O/c25-22-19-13-7-8-14-20(19)23-21(16-15-17-9-3-1-4-10-17)24(22)18-11-5-2-6-12-18/h1-16,21,23H/b16-15+. The Labute approximate surface area is 147 Å². The molecule has 0 saturated carbocycles. The molecule has 1 atom stereocenters. The van der Waals surface area contributed by atoms with Crippen LogP contribution in [0.5, 0.6) is 0 Å². The molecule has 3 heteroatoms. The van der Waals surface area contributed by atoms with E-state index in [1.54, 1.807) is 4.90 Å². The van der Waals surface area contributed by atoms with E-state index in [1.165, 1.54) is 0 Å². The summed E-state index contributed by atoms with van der Waals surface area (Å²) in [5.41, 5.74) is 3.53. The first kappa shape index (κ1) is 15.2. The topological polar surface area (TPSA) is 32.3 Å². The van der Waals surface area contributed by atoms with Gasteiger partial charge >= 0.3 is 0 Å². The third-order valence-corrected chi connectivity index (χ3v) is 4.26. The molecule has 0 fully saturated rings. The summed E-state index contributed by atoms with van der Waals surface area (Å²) in [7, 11) is 0. The van der Waals surface area contributed by atoms with E-state index in [-0.39, 0.29) is 12.1 Å². The highest BCUT2D eigenvalue weighted by Gasteiger charge is 2.31. The van der Waals surface area contributed by atoms with Crippen molar-refractivity contribution in [1.29, 1.82) is 0 Å². The highest BCUT2D eigenvalue weighted by atomic mass is 16.2. The molecule has 3 aromatic rings. The number of fused-ring (bicyclic) bond motifs is 1. The van der Waals surface area contributed by atoms with E-state index >= 15 is 0 Å². The zero-order valence-corrected chi connectivity index (χ0v) is 13.7. The summed E-state index contributed by atoms with van der Waals surface area (Å²) in [6.45, 7) is 0. The van der Waals surface area contributed by atoms with E-state index in [4.69, 9.17) is 0 Å². The molecule has 3 nitrogen and oxygen atoms in total. The van der Waals surface area contributed by atoms with Gasteiger partial charge in [-0.3, -0.25) is 9.69 Å². The summed E-state index contributed by atoms with van der Waals surface area (Å²) in [5, 5.41) is 3.46. The molecule has 0 aromatic heterocycles. The third kappa shape index (κ3) is 3.04. The van der Waals surface area contributed by atoms with Crippen molar-refractivity contribution in [2.45, 2.75) is 6.17 Å². The predicted molar refractivity (Wildman–Crippen MR) is 103 cm³/mol. The maximum Gasteiger partial charge on any atom is 0.262 e. The molecule has 0 bridgehead atoms. The van der Waals surface area contributed by atoms with Crippen LogP contribution in [-0.2, 0) is 0 Å². The van der Waals surface area contributed by atoms with Crippen molar-refractivity contribution in [3.8, 4) is 0 Å². The van der Waals surface area contributed by atoms with E-state index in [0.717, 1.165) is 16.9 Å². The van der Waals surface area contributed by atoms with Crippen LogP contribution in [0.25, 0.3) is 6.08 Å². The smallest absolute Gasteiger partial charge is 0.262 e. The van der Waals surface area contributed by atoms with Crippen LogP contribution < -0.4 is 10.2 Å². The molecule has 1 aliphatic heterocycles. The molecule has 0 aliphatic carbocycles. The number of rotatable bonds is 3. The number of para-hydroxylation sites is 2.